The monoisotopic (exact) mass is 390 g/mol. The molecule has 0 spiro atoms. The number of carbonyl (C=O) groups excluding carboxylic acids is 2. The molecule has 1 aliphatic rings. The van der Waals surface area contributed by atoms with Crippen LogP contribution in [0.4, 0.5) is 0 Å². The van der Waals surface area contributed by atoms with Gasteiger partial charge in [0.15, 0.2) is 6.29 Å². The van der Waals surface area contributed by atoms with Gasteiger partial charge in [0.25, 0.3) is 0 Å². The molecule has 0 atom stereocenters. The maximum Gasteiger partial charge on any atom is 0.306 e. The largest absolute Gasteiger partial charge is 0.466 e. The average Bonchev–Trinajstić information content (AvgIpc) is 3.17. The van der Waals surface area contributed by atoms with Crippen molar-refractivity contribution in [2.24, 2.45) is 5.92 Å². The summed E-state index contributed by atoms with van der Waals surface area (Å²) in [7, 11) is 0. The Morgan fingerprint density at radius 2 is 1.79 bits per heavy atom. The molecule has 0 saturated heterocycles. The quantitative estimate of drug-likeness (QED) is 0.437. The number of pyridine rings is 1. The van der Waals surface area contributed by atoms with Crippen LogP contribution in [0.3, 0.4) is 0 Å². The predicted molar refractivity (Wildman–Crippen MR) is 112 cm³/mol. The van der Waals surface area contributed by atoms with Crippen molar-refractivity contribution in [2.75, 3.05) is 6.61 Å². The van der Waals surface area contributed by atoms with E-state index in [1.807, 2.05) is 29.7 Å². The number of esters is 1. The van der Waals surface area contributed by atoms with Crippen molar-refractivity contribution in [3.63, 3.8) is 0 Å². The van der Waals surface area contributed by atoms with Crippen LogP contribution in [0.15, 0.2) is 48.8 Å². The lowest BCUT2D eigenvalue weighted by molar-refractivity contribution is -0.144. The predicted octanol–water partition coefficient (Wildman–Crippen LogP) is 5.04. The van der Waals surface area contributed by atoms with Gasteiger partial charge in [0.2, 0.25) is 0 Å². The van der Waals surface area contributed by atoms with Crippen molar-refractivity contribution in [1.82, 2.24) is 9.38 Å². The highest BCUT2D eigenvalue weighted by Gasteiger charge is 2.24. The van der Waals surface area contributed by atoms with Crippen LogP contribution in [0.1, 0.15) is 61.0 Å². The number of ether oxygens (including phenoxy) is 1. The Morgan fingerprint density at radius 3 is 2.48 bits per heavy atom. The Hall–Kier alpha value is -2.95. The molecule has 1 aliphatic carbocycles. The van der Waals surface area contributed by atoms with E-state index in [0.717, 1.165) is 48.7 Å². The normalized spacial score (nSPS) is 19.2. The second-order valence-electron chi connectivity index (χ2n) is 7.82. The Kier molecular flexibility index (Phi) is 5.74. The summed E-state index contributed by atoms with van der Waals surface area (Å²) in [6.45, 7) is 2.32. The number of nitrogens with zero attached hydrogens (tertiary/aromatic N) is 2. The van der Waals surface area contributed by atoms with Crippen LogP contribution in [0.5, 0.6) is 0 Å². The van der Waals surface area contributed by atoms with Gasteiger partial charge in [-0.1, -0.05) is 24.3 Å². The van der Waals surface area contributed by atoms with Gasteiger partial charge in [-0.2, -0.15) is 0 Å². The fourth-order valence-electron chi connectivity index (χ4n) is 4.34. The van der Waals surface area contributed by atoms with Crippen LogP contribution in [0.25, 0.3) is 16.8 Å². The zero-order valence-electron chi connectivity index (χ0n) is 16.7. The summed E-state index contributed by atoms with van der Waals surface area (Å²) in [4.78, 5) is 26.9. The second-order valence-corrected chi connectivity index (χ2v) is 7.82. The summed E-state index contributed by atoms with van der Waals surface area (Å²) < 4.78 is 6.97. The molecule has 5 nitrogen and oxygen atoms in total. The number of hydrogen-bond acceptors (Lipinski definition) is 4. The standard InChI is InChI=1S/C24H26N2O3/c1-2-29-24(28)13-17-3-5-18(6-4-17)19-7-9-20(10-8-19)21-11-12-23-25-22(16-27)15-26(23)14-21/h7-12,14-18H,2-6,13H2,1H3. The Bertz CT molecular complexity index is 999. The zero-order valence-corrected chi connectivity index (χ0v) is 16.7. The van der Waals surface area contributed by atoms with Gasteiger partial charge in [0, 0.05) is 18.8 Å². The maximum absolute atomic E-state index is 11.7. The lowest BCUT2D eigenvalue weighted by Gasteiger charge is -2.28. The molecule has 0 N–H and O–H groups in total. The highest BCUT2D eigenvalue weighted by Crippen LogP contribution is 2.37. The van der Waals surface area contributed by atoms with Crippen molar-refractivity contribution < 1.29 is 14.3 Å². The molecule has 1 fully saturated rings. The van der Waals surface area contributed by atoms with E-state index in [4.69, 9.17) is 4.74 Å². The van der Waals surface area contributed by atoms with Crippen molar-refractivity contribution in [2.45, 2.75) is 44.9 Å². The number of aldehydes is 1. The molecule has 0 unspecified atom stereocenters. The van der Waals surface area contributed by atoms with Gasteiger partial charge >= 0.3 is 5.97 Å². The molecule has 29 heavy (non-hydrogen) atoms. The first-order valence-corrected chi connectivity index (χ1v) is 10.4. The summed E-state index contributed by atoms with van der Waals surface area (Å²) >= 11 is 0. The highest BCUT2D eigenvalue weighted by molar-refractivity contribution is 5.74. The molecule has 0 aliphatic heterocycles. The number of aromatic nitrogens is 2. The average molecular weight is 390 g/mol. The Balaban J connectivity index is 1.41. The lowest BCUT2D eigenvalue weighted by Crippen LogP contribution is -2.17. The van der Waals surface area contributed by atoms with Gasteiger partial charge < -0.3 is 9.14 Å². The van der Waals surface area contributed by atoms with Gasteiger partial charge in [0.05, 0.1) is 6.61 Å². The molecule has 0 radical (unpaired) electrons. The van der Waals surface area contributed by atoms with E-state index < -0.39 is 0 Å². The number of hydrogen-bond donors (Lipinski definition) is 0. The van der Waals surface area contributed by atoms with Crippen molar-refractivity contribution >= 4 is 17.9 Å². The molecule has 0 amide bonds. The van der Waals surface area contributed by atoms with E-state index in [1.54, 1.807) is 6.20 Å². The molecule has 2 heterocycles. The first kappa shape index (κ1) is 19.4. The smallest absolute Gasteiger partial charge is 0.306 e. The van der Waals surface area contributed by atoms with Gasteiger partial charge in [-0.15, -0.1) is 0 Å². The topological polar surface area (TPSA) is 60.7 Å². The number of carbonyl (C=O) groups is 2. The minimum Gasteiger partial charge on any atom is -0.466 e. The first-order chi connectivity index (χ1) is 14.2. The molecule has 150 valence electrons. The summed E-state index contributed by atoms with van der Waals surface area (Å²) in [5.41, 5.74) is 4.82. The summed E-state index contributed by atoms with van der Waals surface area (Å²) in [5.74, 6) is 0.965. The van der Waals surface area contributed by atoms with Crippen molar-refractivity contribution in [3.8, 4) is 11.1 Å². The summed E-state index contributed by atoms with van der Waals surface area (Å²) in [6, 6.07) is 12.7. The molecule has 2 aromatic heterocycles. The number of imidazole rings is 1. The molecule has 1 saturated carbocycles. The van der Waals surface area contributed by atoms with Crippen molar-refractivity contribution in [3.05, 3.63) is 60.0 Å². The van der Waals surface area contributed by atoms with Crippen molar-refractivity contribution in [1.29, 1.82) is 0 Å². The highest BCUT2D eigenvalue weighted by atomic mass is 16.5. The van der Waals surface area contributed by atoms with E-state index in [-0.39, 0.29) is 5.97 Å². The van der Waals surface area contributed by atoms with Crippen LogP contribution in [-0.4, -0.2) is 28.2 Å². The summed E-state index contributed by atoms with van der Waals surface area (Å²) in [5, 5.41) is 0. The third kappa shape index (κ3) is 4.39. The molecular formula is C24H26N2O3. The van der Waals surface area contributed by atoms with E-state index >= 15 is 0 Å². The molecule has 5 heteroatoms. The fraction of sp³-hybridized carbons (Fsp3) is 0.375. The van der Waals surface area contributed by atoms with Crippen LogP contribution in [0, 0.1) is 5.92 Å². The third-order valence-electron chi connectivity index (χ3n) is 5.91. The van der Waals surface area contributed by atoms with Crippen LogP contribution in [-0.2, 0) is 9.53 Å². The van der Waals surface area contributed by atoms with Gasteiger partial charge in [-0.25, -0.2) is 4.98 Å². The first-order valence-electron chi connectivity index (χ1n) is 10.4. The summed E-state index contributed by atoms with van der Waals surface area (Å²) in [6.07, 6.45) is 9.49. The van der Waals surface area contributed by atoms with Crippen LogP contribution < -0.4 is 0 Å². The van der Waals surface area contributed by atoms with Crippen LogP contribution >= 0.6 is 0 Å². The van der Waals surface area contributed by atoms with E-state index in [9.17, 15) is 9.59 Å². The SMILES string of the molecule is CCOC(=O)CC1CCC(c2ccc(-c3ccc4nc(C=O)cn4c3)cc2)CC1. The van der Waals surface area contributed by atoms with E-state index in [2.05, 4.69) is 29.2 Å². The van der Waals surface area contributed by atoms with Gasteiger partial charge in [0.1, 0.15) is 11.3 Å². The van der Waals surface area contributed by atoms with Gasteiger partial charge in [-0.3, -0.25) is 9.59 Å². The van der Waals surface area contributed by atoms with Crippen LogP contribution in [0.2, 0.25) is 0 Å². The van der Waals surface area contributed by atoms with E-state index in [0.29, 0.717) is 30.6 Å². The molecule has 1 aromatic carbocycles. The molecular weight excluding hydrogens is 364 g/mol. The number of benzene rings is 1. The Morgan fingerprint density at radius 1 is 1.07 bits per heavy atom. The third-order valence-corrected chi connectivity index (χ3v) is 5.91. The molecule has 0 bridgehead atoms. The fourth-order valence-corrected chi connectivity index (χ4v) is 4.34. The van der Waals surface area contributed by atoms with Gasteiger partial charge in [-0.05, 0) is 73.3 Å². The van der Waals surface area contributed by atoms with E-state index in [1.165, 1.54) is 5.56 Å². The minimum absolute atomic E-state index is 0.0598. The number of rotatable bonds is 6. The lowest BCUT2D eigenvalue weighted by atomic mass is 9.77. The second kappa shape index (κ2) is 8.60. The molecule has 4 rings (SSSR count). The number of fused-ring (bicyclic) bond motifs is 1. The maximum atomic E-state index is 11.7. The zero-order chi connectivity index (χ0) is 20.2. The Labute approximate surface area is 170 Å². The minimum atomic E-state index is -0.0598. The molecule has 3 aromatic rings.